The van der Waals surface area contributed by atoms with E-state index in [-0.39, 0.29) is 11.4 Å². The van der Waals surface area contributed by atoms with Gasteiger partial charge in [-0.1, -0.05) is 19.9 Å². The normalized spacial score (nSPS) is 21.1. The monoisotopic (exact) mass is 280 g/mol. The van der Waals surface area contributed by atoms with Crippen molar-refractivity contribution in [3.8, 4) is 0 Å². The number of hydrogen-bond acceptors (Lipinski definition) is 2. The standard InChI is InChI=1S/C13H12F2N2O.C2H6/c1-6-2-3-9-12(10(6)15)17-13(18)11(16-9)7-4-8(14)5-7;1-2/h2-3,7-8H,4-5H2,1H3,(H,17,18);1-2H3. The lowest BCUT2D eigenvalue weighted by atomic mass is 9.81. The van der Waals surface area contributed by atoms with Crippen LogP contribution in [0.4, 0.5) is 8.78 Å². The van der Waals surface area contributed by atoms with Gasteiger partial charge in [0.05, 0.1) is 5.52 Å². The zero-order valence-electron chi connectivity index (χ0n) is 11.8. The van der Waals surface area contributed by atoms with Gasteiger partial charge in [0.2, 0.25) is 0 Å². The van der Waals surface area contributed by atoms with E-state index >= 15 is 0 Å². The smallest absolute Gasteiger partial charge is 0.270 e. The minimum absolute atomic E-state index is 0.125. The van der Waals surface area contributed by atoms with Gasteiger partial charge in [-0.05, 0) is 31.4 Å². The molecule has 3 nitrogen and oxygen atoms in total. The van der Waals surface area contributed by atoms with Gasteiger partial charge >= 0.3 is 0 Å². The summed E-state index contributed by atoms with van der Waals surface area (Å²) in [6.07, 6.45) is -0.187. The van der Waals surface area contributed by atoms with E-state index in [1.807, 2.05) is 13.8 Å². The van der Waals surface area contributed by atoms with Crippen molar-refractivity contribution in [3.05, 3.63) is 39.6 Å². The van der Waals surface area contributed by atoms with Crippen LogP contribution in [0.1, 0.15) is 43.9 Å². The van der Waals surface area contributed by atoms with Crippen LogP contribution in [0.2, 0.25) is 0 Å². The molecule has 1 fully saturated rings. The van der Waals surface area contributed by atoms with Crippen LogP contribution in [0.5, 0.6) is 0 Å². The molecule has 0 bridgehead atoms. The molecule has 1 aliphatic carbocycles. The van der Waals surface area contributed by atoms with Crippen molar-refractivity contribution in [3.63, 3.8) is 0 Å². The number of halogens is 2. The molecule has 0 amide bonds. The summed E-state index contributed by atoms with van der Waals surface area (Å²) in [5, 5.41) is 0. The Balaban J connectivity index is 0.000000704. The zero-order chi connectivity index (χ0) is 14.9. The van der Waals surface area contributed by atoms with E-state index in [1.54, 1.807) is 19.1 Å². The molecule has 1 N–H and O–H groups in total. The second-order valence-electron chi connectivity index (χ2n) is 4.81. The molecule has 0 saturated heterocycles. The molecule has 0 aliphatic heterocycles. The number of nitrogens with one attached hydrogen (secondary N) is 1. The van der Waals surface area contributed by atoms with Crippen molar-refractivity contribution in [2.75, 3.05) is 0 Å². The summed E-state index contributed by atoms with van der Waals surface area (Å²) >= 11 is 0. The molecule has 1 heterocycles. The van der Waals surface area contributed by atoms with Gasteiger partial charge in [-0.25, -0.2) is 13.8 Å². The number of H-pyrrole nitrogens is 1. The van der Waals surface area contributed by atoms with Gasteiger partial charge in [0.1, 0.15) is 17.4 Å². The molecule has 0 atom stereocenters. The number of rotatable bonds is 1. The minimum Gasteiger partial charge on any atom is -0.317 e. The molecule has 0 radical (unpaired) electrons. The summed E-state index contributed by atoms with van der Waals surface area (Å²) in [6, 6.07) is 3.28. The Morgan fingerprint density at radius 1 is 1.30 bits per heavy atom. The molecule has 1 aromatic carbocycles. The van der Waals surface area contributed by atoms with Crippen LogP contribution in [0.15, 0.2) is 16.9 Å². The molecule has 1 saturated carbocycles. The van der Waals surface area contributed by atoms with E-state index in [0.717, 1.165) is 0 Å². The average Bonchev–Trinajstić information content (AvgIpc) is 2.42. The highest BCUT2D eigenvalue weighted by atomic mass is 19.1. The SMILES string of the molecule is CC.Cc1ccc2nc(C3CC(F)C3)c(=O)[nH]c2c1F. The van der Waals surface area contributed by atoms with Crippen LogP contribution < -0.4 is 5.56 Å². The number of alkyl halides is 1. The van der Waals surface area contributed by atoms with Crippen molar-refractivity contribution < 1.29 is 8.78 Å². The number of benzene rings is 1. The van der Waals surface area contributed by atoms with Gasteiger partial charge in [0.15, 0.2) is 5.82 Å². The molecule has 2 aromatic rings. The number of nitrogens with zero attached hydrogens (tertiary/aromatic N) is 1. The molecule has 0 spiro atoms. The van der Waals surface area contributed by atoms with Gasteiger partial charge in [-0.2, -0.15) is 0 Å². The first-order valence-electron chi connectivity index (χ1n) is 6.89. The zero-order valence-corrected chi connectivity index (χ0v) is 11.8. The minimum atomic E-state index is -0.846. The fourth-order valence-corrected chi connectivity index (χ4v) is 2.29. The second-order valence-corrected chi connectivity index (χ2v) is 4.81. The van der Waals surface area contributed by atoms with E-state index in [4.69, 9.17) is 0 Å². The van der Waals surface area contributed by atoms with Crippen LogP contribution in [0.3, 0.4) is 0 Å². The van der Waals surface area contributed by atoms with Gasteiger partial charge in [-0.3, -0.25) is 4.79 Å². The summed E-state index contributed by atoms with van der Waals surface area (Å²) in [5.74, 6) is -0.599. The lowest BCUT2D eigenvalue weighted by Crippen LogP contribution is -2.29. The van der Waals surface area contributed by atoms with E-state index < -0.39 is 17.5 Å². The van der Waals surface area contributed by atoms with Gasteiger partial charge in [0.25, 0.3) is 5.56 Å². The van der Waals surface area contributed by atoms with Crippen LogP contribution in [0.25, 0.3) is 11.0 Å². The Hall–Kier alpha value is -1.78. The highest BCUT2D eigenvalue weighted by molar-refractivity contribution is 5.75. The van der Waals surface area contributed by atoms with E-state index in [1.165, 1.54) is 0 Å². The Morgan fingerprint density at radius 3 is 2.55 bits per heavy atom. The van der Waals surface area contributed by atoms with Crippen molar-refractivity contribution in [1.82, 2.24) is 9.97 Å². The first kappa shape index (κ1) is 14.6. The molecular weight excluding hydrogens is 262 g/mol. The second kappa shape index (κ2) is 5.69. The maximum absolute atomic E-state index is 13.8. The third-order valence-electron chi connectivity index (χ3n) is 3.49. The number of aromatic amines is 1. The average molecular weight is 280 g/mol. The molecule has 0 unspecified atom stereocenters. The van der Waals surface area contributed by atoms with Gasteiger partial charge < -0.3 is 4.98 Å². The van der Waals surface area contributed by atoms with Gasteiger partial charge in [0, 0.05) is 5.92 Å². The highest BCUT2D eigenvalue weighted by Gasteiger charge is 2.33. The Morgan fingerprint density at radius 2 is 1.95 bits per heavy atom. The molecular formula is C15H18F2N2O. The molecule has 1 aromatic heterocycles. The third kappa shape index (κ3) is 2.44. The molecule has 1 aliphatic rings. The first-order valence-corrected chi connectivity index (χ1v) is 6.89. The maximum atomic E-state index is 13.8. The predicted octanol–water partition coefficient (Wildman–Crippen LogP) is 3.61. The Kier molecular flexibility index (Phi) is 4.16. The number of aromatic nitrogens is 2. The largest absolute Gasteiger partial charge is 0.317 e. The summed E-state index contributed by atoms with van der Waals surface area (Å²) in [5.41, 5.74) is 0.901. The van der Waals surface area contributed by atoms with Crippen LogP contribution in [-0.2, 0) is 0 Å². The Labute approximate surface area is 116 Å². The van der Waals surface area contributed by atoms with E-state index in [0.29, 0.717) is 29.6 Å². The molecule has 3 rings (SSSR count). The fourth-order valence-electron chi connectivity index (χ4n) is 2.29. The number of aryl methyl sites for hydroxylation is 1. The van der Waals surface area contributed by atoms with Crippen molar-refractivity contribution in [1.29, 1.82) is 0 Å². The van der Waals surface area contributed by atoms with Crippen LogP contribution in [0, 0.1) is 12.7 Å². The predicted molar refractivity (Wildman–Crippen MR) is 75.3 cm³/mol. The van der Waals surface area contributed by atoms with Crippen molar-refractivity contribution >= 4 is 11.0 Å². The topological polar surface area (TPSA) is 45.8 Å². The van der Waals surface area contributed by atoms with E-state index in [2.05, 4.69) is 9.97 Å². The van der Waals surface area contributed by atoms with Crippen molar-refractivity contribution in [2.24, 2.45) is 0 Å². The summed E-state index contributed by atoms with van der Waals surface area (Å²) < 4.78 is 26.6. The first-order chi connectivity index (χ1) is 9.56. The molecule has 20 heavy (non-hydrogen) atoms. The van der Waals surface area contributed by atoms with Gasteiger partial charge in [-0.15, -0.1) is 0 Å². The lowest BCUT2D eigenvalue weighted by Gasteiger charge is -2.28. The quantitative estimate of drug-likeness (QED) is 0.867. The summed E-state index contributed by atoms with van der Waals surface area (Å²) in [7, 11) is 0. The van der Waals surface area contributed by atoms with Crippen molar-refractivity contribution in [2.45, 2.75) is 45.7 Å². The number of hydrogen-bond donors (Lipinski definition) is 1. The molecule has 108 valence electrons. The fraction of sp³-hybridized carbons (Fsp3) is 0.467. The van der Waals surface area contributed by atoms with E-state index in [9.17, 15) is 13.6 Å². The number of fused-ring (bicyclic) bond motifs is 1. The van der Waals surface area contributed by atoms with Crippen LogP contribution in [-0.4, -0.2) is 16.1 Å². The third-order valence-corrected chi connectivity index (χ3v) is 3.49. The summed E-state index contributed by atoms with van der Waals surface area (Å²) in [4.78, 5) is 18.5. The highest BCUT2D eigenvalue weighted by Crippen LogP contribution is 2.36. The Bertz CT molecular complexity index is 675. The van der Waals surface area contributed by atoms with Crippen LogP contribution >= 0.6 is 0 Å². The summed E-state index contributed by atoms with van der Waals surface area (Å²) in [6.45, 7) is 5.63. The maximum Gasteiger partial charge on any atom is 0.270 e. The lowest BCUT2D eigenvalue weighted by molar-refractivity contribution is 0.176. The molecule has 5 heteroatoms.